The van der Waals surface area contributed by atoms with E-state index < -0.39 is 0 Å². The minimum atomic E-state index is 0.400. The maximum absolute atomic E-state index is 12.2. The number of alkyl halides is 1. The summed E-state index contributed by atoms with van der Waals surface area (Å²) in [4.78, 5) is 14.3. The van der Waals surface area contributed by atoms with E-state index in [-0.39, 0.29) is 0 Å². The zero-order valence-corrected chi connectivity index (χ0v) is 12.3. The van der Waals surface area contributed by atoms with Gasteiger partial charge in [-0.3, -0.25) is 4.79 Å². The molecule has 2 saturated carbocycles. The van der Waals surface area contributed by atoms with E-state index >= 15 is 0 Å². The van der Waals surface area contributed by atoms with Crippen molar-refractivity contribution in [2.24, 2.45) is 5.92 Å². The molecule has 0 unspecified atom stereocenters. The lowest BCUT2D eigenvalue weighted by Crippen LogP contribution is -2.34. The van der Waals surface area contributed by atoms with Gasteiger partial charge < -0.3 is 4.90 Å². The summed E-state index contributed by atoms with van der Waals surface area (Å²) in [5, 5.41) is 0.915. The van der Waals surface area contributed by atoms with E-state index in [4.69, 9.17) is 0 Å². The first-order valence-electron chi connectivity index (χ1n) is 7.16. The number of amides is 1. The smallest absolute Gasteiger partial charge is 0.222 e. The third-order valence-electron chi connectivity index (χ3n) is 4.12. The minimum absolute atomic E-state index is 0.400. The van der Waals surface area contributed by atoms with Gasteiger partial charge in [-0.1, -0.05) is 48.0 Å². The number of hydrogen-bond acceptors (Lipinski definition) is 1. The molecule has 0 heterocycles. The summed E-state index contributed by atoms with van der Waals surface area (Å²) < 4.78 is 0. The van der Waals surface area contributed by atoms with Crippen molar-refractivity contribution in [2.75, 3.05) is 11.9 Å². The Morgan fingerprint density at radius 1 is 1.12 bits per heavy atom. The van der Waals surface area contributed by atoms with Gasteiger partial charge >= 0.3 is 0 Å². The molecule has 3 heteroatoms. The fourth-order valence-electron chi connectivity index (χ4n) is 2.94. The predicted molar refractivity (Wildman–Crippen MR) is 74.3 cm³/mol. The molecule has 0 radical (unpaired) electrons. The van der Waals surface area contributed by atoms with Gasteiger partial charge in [-0.2, -0.15) is 0 Å². The molecular formula is C14H24BrNO. The lowest BCUT2D eigenvalue weighted by atomic mass is 9.86. The fraction of sp³-hybridized carbons (Fsp3) is 0.929. The Morgan fingerprint density at radius 2 is 1.82 bits per heavy atom. The Hall–Kier alpha value is -0.0500. The van der Waals surface area contributed by atoms with Crippen molar-refractivity contribution in [2.45, 2.75) is 63.8 Å². The van der Waals surface area contributed by atoms with Crippen LogP contribution < -0.4 is 0 Å². The summed E-state index contributed by atoms with van der Waals surface area (Å²) in [6, 6.07) is 0.575. The van der Waals surface area contributed by atoms with Crippen LogP contribution in [0.5, 0.6) is 0 Å². The van der Waals surface area contributed by atoms with Gasteiger partial charge in [-0.25, -0.2) is 0 Å². The second-order valence-electron chi connectivity index (χ2n) is 5.55. The summed E-state index contributed by atoms with van der Waals surface area (Å²) in [6.45, 7) is 0.897. The zero-order chi connectivity index (χ0) is 12.1. The fourth-order valence-corrected chi connectivity index (χ4v) is 3.32. The number of hydrogen-bond donors (Lipinski definition) is 0. The molecule has 2 aliphatic carbocycles. The zero-order valence-electron chi connectivity index (χ0n) is 10.7. The van der Waals surface area contributed by atoms with Gasteiger partial charge in [0.25, 0.3) is 0 Å². The average Bonchev–Trinajstić information content (AvgIpc) is 3.18. The molecule has 98 valence electrons. The van der Waals surface area contributed by atoms with Crippen LogP contribution in [0, 0.1) is 5.92 Å². The summed E-state index contributed by atoms with van der Waals surface area (Å²) in [5.41, 5.74) is 0. The lowest BCUT2D eigenvalue weighted by molar-refractivity contribution is -0.131. The van der Waals surface area contributed by atoms with E-state index in [1.807, 2.05) is 0 Å². The van der Waals surface area contributed by atoms with Crippen LogP contribution in [0.4, 0.5) is 0 Å². The van der Waals surface area contributed by atoms with Gasteiger partial charge in [0.2, 0.25) is 5.91 Å². The molecule has 0 aromatic heterocycles. The van der Waals surface area contributed by atoms with E-state index in [9.17, 15) is 4.79 Å². The average molecular weight is 302 g/mol. The Balaban J connectivity index is 1.70. The minimum Gasteiger partial charge on any atom is -0.339 e. The first kappa shape index (κ1) is 13.4. The monoisotopic (exact) mass is 301 g/mol. The molecule has 2 fully saturated rings. The molecule has 2 aliphatic rings. The number of rotatable bonds is 6. The SMILES string of the molecule is O=C(CCC1CCCCC1)N(CCBr)C1CC1. The quantitative estimate of drug-likeness (QED) is 0.685. The highest BCUT2D eigenvalue weighted by Gasteiger charge is 2.31. The molecule has 0 spiro atoms. The third-order valence-corrected chi connectivity index (χ3v) is 4.48. The predicted octanol–water partition coefficient (Wildman–Crippen LogP) is 3.73. The van der Waals surface area contributed by atoms with Gasteiger partial charge in [-0.15, -0.1) is 0 Å². The van der Waals surface area contributed by atoms with Crippen molar-refractivity contribution >= 4 is 21.8 Å². The molecule has 0 saturated heterocycles. The molecule has 17 heavy (non-hydrogen) atoms. The van der Waals surface area contributed by atoms with Gasteiger partial charge in [-0.05, 0) is 25.2 Å². The maximum atomic E-state index is 12.2. The van der Waals surface area contributed by atoms with E-state index in [1.54, 1.807) is 0 Å². The van der Waals surface area contributed by atoms with Gasteiger partial charge in [0.15, 0.2) is 0 Å². The van der Waals surface area contributed by atoms with Crippen molar-refractivity contribution in [3.05, 3.63) is 0 Å². The van der Waals surface area contributed by atoms with E-state index in [0.717, 1.165) is 30.6 Å². The van der Waals surface area contributed by atoms with Gasteiger partial charge in [0.1, 0.15) is 0 Å². The van der Waals surface area contributed by atoms with Crippen molar-refractivity contribution in [3.8, 4) is 0 Å². The molecular weight excluding hydrogens is 278 g/mol. The van der Waals surface area contributed by atoms with Crippen LogP contribution in [-0.2, 0) is 4.79 Å². The Bertz CT molecular complexity index is 247. The second-order valence-corrected chi connectivity index (χ2v) is 6.34. The highest BCUT2D eigenvalue weighted by Crippen LogP contribution is 2.30. The second kappa shape index (κ2) is 6.77. The van der Waals surface area contributed by atoms with Crippen LogP contribution in [0.1, 0.15) is 57.8 Å². The first-order valence-corrected chi connectivity index (χ1v) is 8.29. The van der Waals surface area contributed by atoms with Crippen LogP contribution in [0.15, 0.2) is 0 Å². The molecule has 0 N–H and O–H groups in total. The summed E-state index contributed by atoms with van der Waals surface area (Å²) in [6.07, 6.45) is 11.2. The molecule has 2 rings (SSSR count). The standard InChI is InChI=1S/C14H24BrNO/c15-10-11-16(13-7-8-13)14(17)9-6-12-4-2-1-3-5-12/h12-13H,1-11H2. The van der Waals surface area contributed by atoms with Crippen molar-refractivity contribution in [1.29, 1.82) is 0 Å². The number of nitrogens with zero attached hydrogens (tertiary/aromatic N) is 1. The Labute approximate surface area is 113 Å². The summed E-state index contributed by atoms with van der Waals surface area (Å²) in [7, 11) is 0. The first-order chi connectivity index (χ1) is 8.31. The van der Waals surface area contributed by atoms with Gasteiger partial charge in [0.05, 0.1) is 0 Å². The van der Waals surface area contributed by atoms with Crippen LogP contribution in [0.25, 0.3) is 0 Å². The normalized spacial score (nSPS) is 21.5. The van der Waals surface area contributed by atoms with Crippen molar-refractivity contribution < 1.29 is 4.79 Å². The summed E-state index contributed by atoms with van der Waals surface area (Å²) in [5.74, 6) is 1.23. The largest absolute Gasteiger partial charge is 0.339 e. The molecule has 0 aromatic carbocycles. The third kappa shape index (κ3) is 4.27. The maximum Gasteiger partial charge on any atom is 0.222 e. The molecule has 0 bridgehead atoms. The Kier molecular flexibility index (Phi) is 5.33. The molecule has 2 nitrogen and oxygen atoms in total. The van der Waals surface area contributed by atoms with Crippen LogP contribution in [-0.4, -0.2) is 28.7 Å². The molecule has 0 atom stereocenters. The lowest BCUT2D eigenvalue weighted by Gasteiger charge is -2.24. The highest BCUT2D eigenvalue weighted by atomic mass is 79.9. The van der Waals surface area contributed by atoms with Gasteiger partial charge in [0, 0.05) is 24.3 Å². The highest BCUT2D eigenvalue weighted by molar-refractivity contribution is 9.09. The van der Waals surface area contributed by atoms with E-state index in [0.29, 0.717) is 11.9 Å². The molecule has 0 aromatic rings. The number of carbonyl (C=O) groups is 1. The number of carbonyl (C=O) groups excluding carboxylic acids is 1. The van der Waals surface area contributed by atoms with Crippen LogP contribution in [0.3, 0.4) is 0 Å². The molecule has 0 aliphatic heterocycles. The van der Waals surface area contributed by atoms with E-state index in [1.165, 1.54) is 44.9 Å². The van der Waals surface area contributed by atoms with Crippen LogP contribution in [0.2, 0.25) is 0 Å². The van der Waals surface area contributed by atoms with Crippen LogP contribution >= 0.6 is 15.9 Å². The topological polar surface area (TPSA) is 20.3 Å². The molecule has 1 amide bonds. The number of halogens is 1. The Morgan fingerprint density at radius 3 is 2.41 bits per heavy atom. The summed E-state index contributed by atoms with van der Waals surface area (Å²) >= 11 is 3.45. The van der Waals surface area contributed by atoms with Crippen molar-refractivity contribution in [1.82, 2.24) is 4.90 Å². The van der Waals surface area contributed by atoms with Crippen molar-refractivity contribution in [3.63, 3.8) is 0 Å². The van der Waals surface area contributed by atoms with E-state index in [2.05, 4.69) is 20.8 Å².